The van der Waals surface area contributed by atoms with Crippen molar-refractivity contribution in [2.24, 2.45) is 0 Å². The van der Waals surface area contributed by atoms with Gasteiger partial charge in [0.2, 0.25) is 10.0 Å². The van der Waals surface area contributed by atoms with Gasteiger partial charge in [0, 0.05) is 13.1 Å². The highest BCUT2D eigenvalue weighted by molar-refractivity contribution is 7.89. The van der Waals surface area contributed by atoms with E-state index in [1.807, 2.05) is 0 Å². The van der Waals surface area contributed by atoms with Gasteiger partial charge in [-0.1, -0.05) is 0 Å². The first-order valence-corrected chi connectivity index (χ1v) is 7.82. The number of hydrogen-bond acceptors (Lipinski definition) is 3. The Labute approximate surface area is 125 Å². The van der Waals surface area contributed by atoms with Crippen LogP contribution in [0.4, 0.5) is 4.39 Å². The van der Waals surface area contributed by atoms with E-state index < -0.39 is 15.8 Å². The Morgan fingerprint density at radius 3 is 2.45 bits per heavy atom. The van der Waals surface area contributed by atoms with E-state index in [1.165, 1.54) is 22.5 Å². The summed E-state index contributed by atoms with van der Waals surface area (Å²) in [6.45, 7) is 3.27. The number of nitrogens with one attached hydrogen (secondary N) is 1. The molecule has 0 atom stereocenters. The topological polar surface area (TPSA) is 49.4 Å². The largest absolute Gasteiger partial charge is 0.317 e. The molecular weight excluding hydrogens is 303 g/mol. The Morgan fingerprint density at radius 1 is 1.30 bits per heavy atom. The first-order chi connectivity index (χ1) is 8.93. The third-order valence-electron chi connectivity index (χ3n) is 3.62. The summed E-state index contributed by atoms with van der Waals surface area (Å²) in [6.07, 6.45) is 1.60. The second-order valence-corrected chi connectivity index (χ2v) is 6.88. The molecule has 20 heavy (non-hydrogen) atoms. The third kappa shape index (κ3) is 3.49. The number of piperidine rings is 1. The van der Waals surface area contributed by atoms with Gasteiger partial charge in [-0.25, -0.2) is 12.8 Å². The fourth-order valence-electron chi connectivity index (χ4n) is 2.42. The van der Waals surface area contributed by atoms with E-state index in [2.05, 4.69) is 5.32 Å². The zero-order chi connectivity index (χ0) is 14.0. The molecule has 1 aliphatic rings. The molecule has 1 aromatic carbocycles. The van der Waals surface area contributed by atoms with Gasteiger partial charge in [-0.15, -0.1) is 12.4 Å². The fraction of sp³-hybridized carbons (Fsp3) is 0.538. The highest BCUT2D eigenvalue weighted by Crippen LogP contribution is 2.23. The second kappa shape index (κ2) is 6.85. The lowest BCUT2D eigenvalue weighted by atomic mass is 10.1. The van der Waals surface area contributed by atoms with Crippen LogP contribution in [0.2, 0.25) is 0 Å². The molecule has 1 N–H and O–H groups in total. The Morgan fingerprint density at radius 2 is 1.90 bits per heavy atom. The van der Waals surface area contributed by atoms with Gasteiger partial charge in [-0.2, -0.15) is 4.31 Å². The molecule has 0 amide bonds. The summed E-state index contributed by atoms with van der Waals surface area (Å²) in [4.78, 5) is 0.190. The van der Waals surface area contributed by atoms with Gasteiger partial charge < -0.3 is 5.32 Å². The molecule has 4 nitrogen and oxygen atoms in total. The smallest absolute Gasteiger partial charge is 0.243 e. The number of sulfonamides is 1. The number of hydrogen-bond donors (Lipinski definition) is 1. The fourth-order valence-corrected chi connectivity index (χ4v) is 4.04. The van der Waals surface area contributed by atoms with Crippen molar-refractivity contribution < 1.29 is 12.8 Å². The second-order valence-electron chi connectivity index (χ2n) is 4.91. The lowest BCUT2D eigenvalue weighted by Crippen LogP contribution is -2.44. The number of aryl methyl sites for hydroxylation is 1. The third-order valence-corrected chi connectivity index (χ3v) is 5.69. The molecule has 0 saturated carbocycles. The van der Waals surface area contributed by atoms with Crippen LogP contribution in [0.1, 0.15) is 18.4 Å². The van der Waals surface area contributed by atoms with E-state index in [9.17, 15) is 12.8 Å². The number of rotatable bonds is 3. The van der Waals surface area contributed by atoms with Crippen molar-refractivity contribution in [2.45, 2.75) is 30.7 Å². The van der Waals surface area contributed by atoms with Gasteiger partial charge in [0.15, 0.2) is 0 Å². The summed E-state index contributed by atoms with van der Waals surface area (Å²) < 4.78 is 39.6. The SMILES string of the molecule is Cc1cc(F)ccc1S(=O)(=O)N(C)C1CCNCC1.Cl. The van der Waals surface area contributed by atoms with Crippen molar-refractivity contribution >= 4 is 22.4 Å². The maximum atomic E-state index is 13.1. The Balaban J connectivity index is 0.00000200. The summed E-state index contributed by atoms with van der Waals surface area (Å²) in [6, 6.07) is 3.80. The van der Waals surface area contributed by atoms with E-state index in [0.717, 1.165) is 25.9 Å². The van der Waals surface area contributed by atoms with Crippen LogP contribution in [-0.4, -0.2) is 38.9 Å². The summed E-state index contributed by atoms with van der Waals surface area (Å²) in [5.74, 6) is -0.416. The predicted octanol–water partition coefficient (Wildman–Crippen LogP) is 1.93. The predicted molar refractivity (Wildman–Crippen MR) is 79.2 cm³/mol. The molecule has 7 heteroatoms. The molecular formula is C13H20ClFN2O2S. The molecule has 1 aliphatic heterocycles. The van der Waals surface area contributed by atoms with Gasteiger partial charge in [-0.05, 0) is 56.6 Å². The number of halogens is 2. The van der Waals surface area contributed by atoms with Crippen molar-refractivity contribution in [3.63, 3.8) is 0 Å². The van der Waals surface area contributed by atoms with Gasteiger partial charge in [0.05, 0.1) is 4.90 Å². The molecule has 0 aliphatic carbocycles. The maximum absolute atomic E-state index is 13.1. The van der Waals surface area contributed by atoms with Crippen molar-refractivity contribution in [1.29, 1.82) is 0 Å². The molecule has 114 valence electrons. The molecule has 1 aromatic rings. The Kier molecular flexibility index (Phi) is 5.94. The van der Waals surface area contributed by atoms with Crippen LogP contribution < -0.4 is 5.32 Å². The highest BCUT2D eigenvalue weighted by atomic mass is 35.5. The van der Waals surface area contributed by atoms with Crippen molar-refractivity contribution in [1.82, 2.24) is 9.62 Å². The standard InChI is InChI=1S/C13H19FN2O2S.ClH/c1-10-9-11(14)3-4-13(10)19(17,18)16(2)12-5-7-15-8-6-12;/h3-4,9,12,15H,5-8H2,1-2H3;1H. The van der Waals surface area contributed by atoms with Crippen LogP contribution >= 0.6 is 12.4 Å². The van der Waals surface area contributed by atoms with Crippen LogP contribution in [0.5, 0.6) is 0 Å². The van der Waals surface area contributed by atoms with Crippen LogP contribution in [-0.2, 0) is 10.0 Å². The zero-order valence-electron chi connectivity index (χ0n) is 11.6. The van der Waals surface area contributed by atoms with Crippen LogP contribution in [0.15, 0.2) is 23.1 Å². The summed E-state index contributed by atoms with van der Waals surface area (Å²) in [7, 11) is -1.94. The molecule has 0 spiro atoms. The highest BCUT2D eigenvalue weighted by Gasteiger charge is 2.29. The minimum atomic E-state index is -3.55. The molecule has 0 aromatic heterocycles. The van der Waals surface area contributed by atoms with Gasteiger partial charge >= 0.3 is 0 Å². The Hall–Kier alpha value is -0.690. The molecule has 0 bridgehead atoms. The van der Waals surface area contributed by atoms with Gasteiger partial charge in [-0.3, -0.25) is 0 Å². The molecule has 2 rings (SSSR count). The summed E-state index contributed by atoms with van der Waals surface area (Å²) in [5.41, 5.74) is 0.445. The van der Waals surface area contributed by atoms with Gasteiger partial charge in [0.1, 0.15) is 5.82 Å². The maximum Gasteiger partial charge on any atom is 0.243 e. The lowest BCUT2D eigenvalue weighted by Gasteiger charge is -2.31. The number of nitrogens with zero attached hydrogens (tertiary/aromatic N) is 1. The van der Waals surface area contributed by atoms with Crippen molar-refractivity contribution in [2.75, 3.05) is 20.1 Å². The minimum Gasteiger partial charge on any atom is -0.317 e. The number of benzene rings is 1. The van der Waals surface area contributed by atoms with Crippen molar-refractivity contribution in [3.05, 3.63) is 29.6 Å². The monoisotopic (exact) mass is 322 g/mol. The quantitative estimate of drug-likeness (QED) is 0.925. The molecule has 0 radical (unpaired) electrons. The average Bonchev–Trinajstić information content (AvgIpc) is 2.38. The van der Waals surface area contributed by atoms with E-state index in [-0.39, 0.29) is 23.3 Å². The lowest BCUT2D eigenvalue weighted by molar-refractivity contribution is 0.296. The molecule has 1 saturated heterocycles. The normalized spacial score (nSPS) is 17.0. The van der Waals surface area contributed by atoms with E-state index in [4.69, 9.17) is 0 Å². The summed E-state index contributed by atoms with van der Waals surface area (Å²) >= 11 is 0. The zero-order valence-corrected chi connectivity index (χ0v) is 13.2. The Bertz CT molecular complexity index is 559. The van der Waals surface area contributed by atoms with Gasteiger partial charge in [0.25, 0.3) is 0 Å². The first-order valence-electron chi connectivity index (χ1n) is 6.38. The molecule has 0 unspecified atom stereocenters. The van der Waals surface area contributed by atoms with E-state index in [0.29, 0.717) is 5.56 Å². The van der Waals surface area contributed by atoms with Crippen LogP contribution in [0.3, 0.4) is 0 Å². The van der Waals surface area contributed by atoms with Crippen molar-refractivity contribution in [3.8, 4) is 0 Å². The first kappa shape index (κ1) is 17.4. The minimum absolute atomic E-state index is 0. The molecule has 1 fully saturated rings. The van der Waals surface area contributed by atoms with E-state index in [1.54, 1.807) is 14.0 Å². The van der Waals surface area contributed by atoms with Crippen LogP contribution in [0, 0.1) is 12.7 Å². The molecule has 1 heterocycles. The average molecular weight is 323 g/mol. The summed E-state index contributed by atoms with van der Waals surface area (Å²) in [5, 5.41) is 3.21. The van der Waals surface area contributed by atoms with E-state index >= 15 is 0 Å². The van der Waals surface area contributed by atoms with Crippen LogP contribution in [0.25, 0.3) is 0 Å².